The summed E-state index contributed by atoms with van der Waals surface area (Å²) in [5, 5.41) is 0. The van der Waals surface area contributed by atoms with Gasteiger partial charge in [-0.2, -0.15) is 0 Å². The predicted octanol–water partition coefficient (Wildman–Crippen LogP) is 2.89. The van der Waals surface area contributed by atoms with Crippen LogP contribution in [0.5, 0.6) is 0 Å². The zero-order valence-corrected chi connectivity index (χ0v) is 7.10. The van der Waals surface area contributed by atoms with Crippen LogP contribution < -0.4 is 0 Å². The Bertz CT molecular complexity index is 375. The molecule has 0 aliphatic heterocycles. The van der Waals surface area contributed by atoms with Crippen LogP contribution in [0.2, 0.25) is 0 Å². The molecule has 0 N–H and O–H groups in total. The smallest absolute Gasteiger partial charge is 0.188 e. The van der Waals surface area contributed by atoms with Crippen LogP contribution in [-0.2, 0) is 0 Å². The van der Waals surface area contributed by atoms with Crippen molar-refractivity contribution in [3.05, 3.63) is 47.5 Å². The van der Waals surface area contributed by atoms with Gasteiger partial charge in [-0.1, -0.05) is 6.58 Å². The summed E-state index contributed by atoms with van der Waals surface area (Å²) in [6.07, 6.45) is 0.952. The minimum absolute atomic E-state index is 0. The Kier molecular flexibility index (Phi) is 2.56. The lowest BCUT2D eigenvalue weighted by molar-refractivity contribution is 0.104. The minimum Gasteiger partial charge on any atom is -0.289 e. The molecule has 0 aliphatic carbocycles. The molecule has 1 rings (SSSR count). The summed E-state index contributed by atoms with van der Waals surface area (Å²) in [7, 11) is 0. The number of hydrogen-bond acceptors (Lipinski definition) is 1. The SMILES string of the molecule is C=CC(=O)c1cc(F)c(C)cc1F.[HH]. The number of ketones is 1. The Labute approximate surface area is 76.2 Å². The van der Waals surface area contributed by atoms with Crippen LogP contribution in [0, 0.1) is 18.6 Å². The van der Waals surface area contributed by atoms with Gasteiger partial charge >= 0.3 is 0 Å². The average molecular weight is 184 g/mol. The number of hydrogen-bond donors (Lipinski definition) is 0. The first-order valence-corrected chi connectivity index (χ1v) is 3.68. The molecule has 0 atom stereocenters. The fourth-order valence-corrected chi connectivity index (χ4v) is 0.945. The third-order valence-corrected chi connectivity index (χ3v) is 1.70. The summed E-state index contributed by atoms with van der Waals surface area (Å²) < 4.78 is 25.9. The Morgan fingerprint density at radius 1 is 1.46 bits per heavy atom. The van der Waals surface area contributed by atoms with Crippen LogP contribution in [0.15, 0.2) is 24.8 Å². The highest BCUT2D eigenvalue weighted by Crippen LogP contribution is 2.14. The van der Waals surface area contributed by atoms with E-state index in [-0.39, 0.29) is 12.6 Å². The van der Waals surface area contributed by atoms with Gasteiger partial charge in [0, 0.05) is 1.43 Å². The number of rotatable bonds is 2. The molecule has 0 radical (unpaired) electrons. The minimum atomic E-state index is -0.719. The highest BCUT2D eigenvalue weighted by Gasteiger charge is 2.11. The van der Waals surface area contributed by atoms with E-state index in [0.717, 1.165) is 18.2 Å². The fourth-order valence-electron chi connectivity index (χ4n) is 0.945. The molecule has 1 aromatic rings. The maximum atomic E-state index is 13.0. The number of carbonyl (C=O) groups is 1. The fraction of sp³-hybridized carbons (Fsp3) is 0.100. The third kappa shape index (κ3) is 1.80. The van der Waals surface area contributed by atoms with E-state index in [1.807, 2.05) is 0 Å². The van der Waals surface area contributed by atoms with Crippen molar-refractivity contribution in [3.63, 3.8) is 0 Å². The molecule has 0 aliphatic rings. The molecule has 0 unspecified atom stereocenters. The summed E-state index contributed by atoms with van der Waals surface area (Å²) in [6.45, 7) is 4.62. The van der Waals surface area contributed by atoms with Crippen LogP contribution in [0.1, 0.15) is 17.3 Å². The zero-order valence-electron chi connectivity index (χ0n) is 7.10. The Morgan fingerprint density at radius 3 is 2.62 bits per heavy atom. The van der Waals surface area contributed by atoms with Crippen molar-refractivity contribution in [1.82, 2.24) is 0 Å². The van der Waals surface area contributed by atoms with Crippen molar-refractivity contribution < 1.29 is 15.0 Å². The van der Waals surface area contributed by atoms with Crippen molar-refractivity contribution in [2.75, 3.05) is 0 Å². The first-order chi connectivity index (χ1) is 6.06. The van der Waals surface area contributed by atoms with Gasteiger partial charge in [0.1, 0.15) is 11.6 Å². The normalized spacial score (nSPS) is 9.77. The van der Waals surface area contributed by atoms with E-state index in [9.17, 15) is 13.6 Å². The summed E-state index contributed by atoms with van der Waals surface area (Å²) >= 11 is 0. The highest BCUT2D eigenvalue weighted by atomic mass is 19.1. The lowest BCUT2D eigenvalue weighted by Gasteiger charge is -2.01. The Hall–Kier alpha value is -1.51. The monoisotopic (exact) mass is 184 g/mol. The molecule has 0 amide bonds. The molecular formula is C10H10F2O. The summed E-state index contributed by atoms with van der Waals surface area (Å²) in [4.78, 5) is 11.0. The second-order valence-electron chi connectivity index (χ2n) is 2.65. The molecular weight excluding hydrogens is 174 g/mol. The molecule has 0 saturated heterocycles. The van der Waals surface area contributed by atoms with Crippen LogP contribution in [0.25, 0.3) is 0 Å². The highest BCUT2D eigenvalue weighted by molar-refractivity contribution is 6.04. The predicted molar refractivity (Wildman–Crippen MR) is 47.7 cm³/mol. The summed E-state index contributed by atoms with van der Waals surface area (Å²) in [5.41, 5.74) is -0.101. The molecule has 0 saturated carbocycles. The standard InChI is InChI=1S/C10H8F2O.H2/c1-3-10(13)7-5-8(11)6(2)4-9(7)12;/h3-5H,1H2,2H3;1H. The van der Waals surface area contributed by atoms with Crippen molar-refractivity contribution in [3.8, 4) is 0 Å². The van der Waals surface area contributed by atoms with Gasteiger partial charge in [0.15, 0.2) is 5.78 Å². The topological polar surface area (TPSA) is 17.1 Å². The van der Waals surface area contributed by atoms with Crippen LogP contribution in [-0.4, -0.2) is 5.78 Å². The number of allylic oxidation sites excluding steroid dienone is 1. The molecule has 3 heteroatoms. The van der Waals surface area contributed by atoms with E-state index in [1.165, 1.54) is 6.92 Å². The molecule has 0 fully saturated rings. The molecule has 0 heterocycles. The van der Waals surface area contributed by atoms with Crippen molar-refractivity contribution in [1.29, 1.82) is 0 Å². The molecule has 13 heavy (non-hydrogen) atoms. The molecule has 0 spiro atoms. The van der Waals surface area contributed by atoms with Gasteiger partial charge in [-0.15, -0.1) is 0 Å². The second kappa shape index (κ2) is 3.47. The van der Waals surface area contributed by atoms with Gasteiger partial charge in [0.05, 0.1) is 5.56 Å². The van der Waals surface area contributed by atoms with Crippen molar-refractivity contribution in [2.45, 2.75) is 6.92 Å². The van der Waals surface area contributed by atoms with Gasteiger partial charge in [-0.3, -0.25) is 4.79 Å². The van der Waals surface area contributed by atoms with Gasteiger partial charge in [0.25, 0.3) is 0 Å². The number of carbonyl (C=O) groups excluding carboxylic acids is 1. The van der Waals surface area contributed by atoms with E-state index >= 15 is 0 Å². The van der Waals surface area contributed by atoms with E-state index in [0.29, 0.717) is 0 Å². The van der Waals surface area contributed by atoms with Crippen LogP contribution in [0.3, 0.4) is 0 Å². The molecule has 0 aromatic heterocycles. The summed E-state index contributed by atoms with van der Waals surface area (Å²) in [5.74, 6) is -1.92. The lowest BCUT2D eigenvalue weighted by Crippen LogP contribution is -2.00. The van der Waals surface area contributed by atoms with Gasteiger partial charge < -0.3 is 0 Å². The van der Waals surface area contributed by atoms with Gasteiger partial charge in [0.2, 0.25) is 0 Å². The number of aryl methyl sites for hydroxylation is 1. The quantitative estimate of drug-likeness (QED) is 0.510. The Morgan fingerprint density at radius 2 is 2.08 bits per heavy atom. The third-order valence-electron chi connectivity index (χ3n) is 1.70. The molecule has 0 bridgehead atoms. The second-order valence-corrected chi connectivity index (χ2v) is 2.65. The van der Waals surface area contributed by atoms with Gasteiger partial charge in [-0.25, -0.2) is 8.78 Å². The number of benzene rings is 1. The molecule has 1 aromatic carbocycles. The van der Waals surface area contributed by atoms with Crippen LogP contribution >= 0.6 is 0 Å². The zero-order chi connectivity index (χ0) is 10.0. The van der Waals surface area contributed by atoms with Gasteiger partial charge in [-0.05, 0) is 30.7 Å². The lowest BCUT2D eigenvalue weighted by atomic mass is 10.1. The van der Waals surface area contributed by atoms with E-state index in [2.05, 4.69) is 6.58 Å². The first kappa shape index (κ1) is 9.58. The van der Waals surface area contributed by atoms with E-state index in [4.69, 9.17) is 0 Å². The van der Waals surface area contributed by atoms with Crippen molar-refractivity contribution in [2.24, 2.45) is 0 Å². The van der Waals surface area contributed by atoms with Crippen molar-refractivity contribution >= 4 is 5.78 Å². The van der Waals surface area contributed by atoms with Crippen LogP contribution in [0.4, 0.5) is 8.78 Å². The Balaban J connectivity index is 0.00000169. The largest absolute Gasteiger partial charge is 0.289 e. The van der Waals surface area contributed by atoms with E-state index in [1.54, 1.807) is 0 Å². The molecule has 1 nitrogen and oxygen atoms in total. The maximum Gasteiger partial charge on any atom is 0.188 e. The first-order valence-electron chi connectivity index (χ1n) is 3.68. The van der Waals surface area contributed by atoms with E-state index < -0.39 is 17.4 Å². The maximum absolute atomic E-state index is 13.0. The average Bonchev–Trinajstić information content (AvgIpc) is 2.10. The number of halogens is 2. The molecule has 70 valence electrons. The summed E-state index contributed by atoms with van der Waals surface area (Å²) in [6, 6.07) is 1.88.